The fourth-order valence-electron chi connectivity index (χ4n) is 4.03. The number of rotatable bonds is 6. The van der Waals surface area contributed by atoms with E-state index in [2.05, 4.69) is 18.3 Å². The van der Waals surface area contributed by atoms with Crippen molar-refractivity contribution in [1.29, 1.82) is 5.26 Å². The van der Waals surface area contributed by atoms with Gasteiger partial charge in [-0.25, -0.2) is 4.79 Å². The van der Waals surface area contributed by atoms with Gasteiger partial charge in [0.05, 0.1) is 24.3 Å². The molecule has 2 aromatic carbocycles. The number of benzene rings is 2. The Morgan fingerprint density at radius 3 is 2.57 bits per heavy atom. The number of nitrogens with zero attached hydrogens (tertiary/aromatic N) is 1. The van der Waals surface area contributed by atoms with Gasteiger partial charge in [-0.2, -0.15) is 5.26 Å². The first kappa shape index (κ1) is 21.6. The van der Waals surface area contributed by atoms with Crippen LogP contribution in [0, 0.1) is 23.2 Å². The van der Waals surface area contributed by atoms with Crippen molar-refractivity contribution in [3.05, 3.63) is 59.2 Å². The topological polar surface area (TPSA) is 79.2 Å². The number of carbonyl (C=O) groups excluding carboxylic acids is 2. The second-order valence-electron chi connectivity index (χ2n) is 8.21. The van der Waals surface area contributed by atoms with Gasteiger partial charge in [-0.3, -0.25) is 4.79 Å². The van der Waals surface area contributed by atoms with Crippen LogP contribution in [-0.4, -0.2) is 19.0 Å². The van der Waals surface area contributed by atoms with Crippen molar-refractivity contribution < 1.29 is 14.3 Å². The van der Waals surface area contributed by atoms with Gasteiger partial charge in [0.2, 0.25) is 5.91 Å². The highest BCUT2D eigenvalue weighted by Gasteiger charge is 2.20. The highest BCUT2D eigenvalue weighted by atomic mass is 16.5. The summed E-state index contributed by atoms with van der Waals surface area (Å²) in [6, 6.07) is 14.8. The van der Waals surface area contributed by atoms with Crippen LogP contribution >= 0.6 is 0 Å². The number of esters is 1. The molecule has 30 heavy (non-hydrogen) atoms. The fraction of sp³-hybridized carbons (Fsp3) is 0.400. The van der Waals surface area contributed by atoms with Crippen LogP contribution in [0.1, 0.15) is 60.5 Å². The predicted molar refractivity (Wildman–Crippen MR) is 116 cm³/mol. The number of amides is 1. The first-order valence-electron chi connectivity index (χ1n) is 10.5. The molecule has 0 radical (unpaired) electrons. The van der Waals surface area contributed by atoms with Crippen molar-refractivity contribution in [2.45, 2.75) is 45.6 Å². The number of nitriles is 1. The lowest BCUT2D eigenvalue weighted by Gasteiger charge is -2.25. The Labute approximate surface area is 178 Å². The van der Waals surface area contributed by atoms with Crippen LogP contribution in [-0.2, 0) is 16.1 Å². The zero-order chi connectivity index (χ0) is 21.5. The standard InChI is InChI=1S/C25H28N2O3/c1-17-6-8-18(9-7-17)13-24(28)27-16-20-11-22(14-23(12-20)25(29)30-2)21-5-3-4-19(10-21)15-26/h3-5,10-12,14,17-18H,6-9,13,16H2,1-2H3,(H,27,28). The molecule has 0 bridgehead atoms. The molecule has 156 valence electrons. The number of hydrogen-bond acceptors (Lipinski definition) is 4. The van der Waals surface area contributed by atoms with E-state index < -0.39 is 5.97 Å². The number of methoxy groups -OCH3 is 1. The van der Waals surface area contributed by atoms with Crippen LogP contribution < -0.4 is 5.32 Å². The molecule has 1 N–H and O–H groups in total. The number of carbonyl (C=O) groups is 2. The summed E-state index contributed by atoms with van der Waals surface area (Å²) in [7, 11) is 1.35. The van der Waals surface area contributed by atoms with Crippen molar-refractivity contribution in [1.82, 2.24) is 5.32 Å². The van der Waals surface area contributed by atoms with Crippen LogP contribution in [0.25, 0.3) is 11.1 Å². The first-order chi connectivity index (χ1) is 14.5. The summed E-state index contributed by atoms with van der Waals surface area (Å²) >= 11 is 0. The Morgan fingerprint density at radius 2 is 1.87 bits per heavy atom. The van der Waals surface area contributed by atoms with Crippen molar-refractivity contribution >= 4 is 11.9 Å². The molecule has 1 aliphatic rings. The summed E-state index contributed by atoms with van der Waals surface area (Å²) in [5, 5.41) is 12.2. The summed E-state index contributed by atoms with van der Waals surface area (Å²) in [6.07, 6.45) is 5.19. The summed E-state index contributed by atoms with van der Waals surface area (Å²) in [6.45, 7) is 2.62. The Balaban J connectivity index is 1.74. The van der Waals surface area contributed by atoms with E-state index in [4.69, 9.17) is 10.00 Å². The third-order valence-electron chi connectivity index (χ3n) is 5.84. The van der Waals surface area contributed by atoms with E-state index >= 15 is 0 Å². The van der Waals surface area contributed by atoms with E-state index in [1.807, 2.05) is 18.2 Å². The number of ether oxygens (including phenoxy) is 1. The third kappa shape index (κ3) is 5.70. The molecule has 0 saturated heterocycles. The smallest absolute Gasteiger partial charge is 0.337 e. The van der Waals surface area contributed by atoms with Gasteiger partial charge >= 0.3 is 5.97 Å². The van der Waals surface area contributed by atoms with Crippen LogP contribution in [0.2, 0.25) is 0 Å². The minimum atomic E-state index is -0.433. The molecule has 0 heterocycles. The normalized spacial score (nSPS) is 18.3. The van der Waals surface area contributed by atoms with Gasteiger partial charge in [0.25, 0.3) is 0 Å². The van der Waals surface area contributed by atoms with Crippen LogP contribution in [0.3, 0.4) is 0 Å². The van der Waals surface area contributed by atoms with Gasteiger partial charge in [0, 0.05) is 13.0 Å². The highest BCUT2D eigenvalue weighted by Crippen LogP contribution is 2.30. The molecule has 1 aliphatic carbocycles. The van der Waals surface area contributed by atoms with Crippen molar-refractivity contribution in [3.63, 3.8) is 0 Å². The monoisotopic (exact) mass is 404 g/mol. The summed E-state index contributed by atoms with van der Waals surface area (Å²) in [5.74, 6) is 0.846. The lowest BCUT2D eigenvalue weighted by Crippen LogP contribution is -2.26. The molecule has 0 spiro atoms. The minimum Gasteiger partial charge on any atom is -0.465 e. The van der Waals surface area contributed by atoms with Gasteiger partial charge in [-0.1, -0.05) is 31.9 Å². The maximum absolute atomic E-state index is 12.4. The Morgan fingerprint density at radius 1 is 1.10 bits per heavy atom. The molecule has 1 fully saturated rings. The average Bonchev–Trinajstić information content (AvgIpc) is 2.78. The molecular weight excluding hydrogens is 376 g/mol. The summed E-state index contributed by atoms with van der Waals surface area (Å²) in [4.78, 5) is 24.6. The zero-order valence-electron chi connectivity index (χ0n) is 17.6. The SMILES string of the molecule is COC(=O)c1cc(CNC(=O)CC2CCC(C)CC2)cc(-c2cccc(C#N)c2)c1. The Kier molecular flexibility index (Phi) is 7.24. The molecule has 1 amide bonds. The molecule has 3 rings (SSSR count). The van der Waals surface area contributed by atoms with Gasteiger partial charge in [0.1, 0.15) is 0 Å². The van der Waals surface area contributed by atoms with Crippen LogP contribution in [0.4, 0.5) is 0 Å². The first-order valence-corrected chi connectivity index (χ1v) is 10.5. The van der Waals surface area contributed by atoms with Crippen molar-refractivity contribution in [3.8, 4) is 17.2 Å². The third-order valence-corrected chi connectivity index (χ3v) is 5.84. The molecular formula is C25H28N2O3. The van der Waals surface area contributed by atoms with E-state index in [-0.39, 0.29) is 5.91 Å². The molecule has 0 aromatic heterocycles. The molecule has 5 nitrogen and oxygen atoms in total. The maximum atomic E-state index is 12.4. The summed E-state index contributed by atoms with van der Waals surface area (Å²) < 4.78 is 4.88. The van der Waals surface area contributed by atoms with Gasteiger partial charge < -0.3 is 10.1 Å². The molecule has 2 aromatic rings. The number of hydrogen-bond donors (Lipinski definition) is 1. The molecule has 0 aliphatic heterocycles. The molecule has 5 heteroatoms. The fourth-order valence-corrected chi connectivity index (χ4v) is 4.03. The van der Waals surface area contributed by atoms with Crippen LogP contribution in [0.15, 0.2) is 42.5 Å². The van der Waals surface area contributed by atoms with E-state index in [0.717, 1.165) is 35.4 Å². The summed E-state index contributed by atoms with van der Waals surface area (Å²) in [5.41, 5.74) is 3.43. The van der Waals surface area contributed by atoms with Gasteiger partial charge in [0.15, 0.2) is 0 Å². The quantitative estimate of drug-likeness (QED) is 0.699. The lowest BCUT2D eigenvalue weighted by molar-refractivity contribution is -0.122. The van der Waals surface area contributed by atoms with Gasteiger partial charge in [-0.05, 0) is 71.7 Å². The predicted octanol–water partition coefficient (Wildman–Crippen LogP) is 4.84. The minimum absolute atomic E-state index is 0.0473. The number of nitrogens with one attached hydrogen (secondary N) is 1. The Hall–Kier alpha value is -3.13. The average molecular weight is 405 g/mol. The highest BCUT2D eigenvalue weighted by molar-refractivity contribution is 5.91. The zero-order valence-corrected chi connectivity index (χ0v) is 17.6. The lowest BCUT2D eigenvalue weighted by atomic mass is 9.81. The van der Waals surface area contributed by atoms with E-state index in [1.54, 1.807) is 24.3 Å². The van der Waals surface area contributed by atoms with E-state index in [1.165, 1.54) is 20.0 Å². The van der Waals surface area contributed by atoms with E-state index in [0.29, 0.717) is 30.0 Å². The van der Waals surface area contributed by atoms with Crippen LogP contribution in [0.5, 0.6) is 0 Å². The van der Waals surface area contributed by atoms with E-state index in [9.17, 15) is 9.59 Å². The second kappa shape index (κ2) is 10.1. The largest absolute Gasteiger partial charge is 0.465 e. The maximum Gasteiger partial charge on any atom is 0.337 e. The molecule has 1 saturated carbocycles. The molecule has 0 unspecified atom stereocenters. The molecule has 0 atom stereocenters. The van der Waals surface area contributed by atoms with Gasteiger partial charge in [-0.15, -0.1) is 0 Å². The van der Waals surface area contributed by atoms with Crippen molar-refractivity contribution in [2.75, 3.05) is 7.11 Å². The second-order valence-corrected chi connectivity index (χ2v) is 8.21. The Bertz CT molecular complexity index is 953. The van der Waals surface area contributed by atoms with Crippen molar-refractivity contribution in [2.24, 2.45) is 11.8 Å².